The molecule has 6 heteroatoms. The SMILES string of the molecule is COc1ccc2c3c(n(CC(C)O)c(=O)c2c1OC)-c1ccccc1C3=O. The number of rotatable bonds is 4. The number of benzene rings is 2. The monoisotopic (exact) mass is 365 g/mol. The molecular weight excluding hydrogens is 346 g/mol. The van der Waals surface area contributed by atoms with Gasteiger partial charge in [0.1, 0.15) is 0 Å². The Morgan fingerprint density at radius 1 is 1.04 bits per heavy atom. The smallest absolute Gasteiger partial charge is 0.262 e. The third-order valence-corrected chi connectivity index (χ3v) is 4.88. The van der Waals surface area contributed by atoms with E-state index in [1.54, 1.807) is 31.2 Å². The van der Waals surface area contributed by atoms with Gasteiger partial charge in [-0.25, -0.2) is 0 Å². The lowest BCUT2D eigenvalue weighted by Crippen LogP contribution is -2.28. The number of fused-ring (bicyclic) bond motifs is 5. The zero-order valence-electron chi connectivity index (χ0n) is 15.3. The van der Waals surface area contributed by atoms with Gasteiger partial charge >= 0.3 is 0 Å². The lowest BCUT2D eigenvalue weighted by molar-refractivity contribution is 0.104. The topological polar surface area (TPSA) is 77.8 Å². The van der Waals surface area contributed by atoms with E-state index in [4.69, 9.17) is 9.47 Å². The number of ketones is 1. The third kappa shape index (κ3) is 2.37. The molecule has 0 spiro atoms. The Morgan fingerprint density at radius 2 is 1.74 bits per heavy atom. The normalized spacial score (nSPS) is 13.4. The lowest BCUT2D eigenvalue weighted by Gasteiger charge is -2.18. The molecule has 0 amide bonds. The Hall–Kier alpha value is -3.12. The van der Waals surface area contributed by atoms with Gasteiger partial charge in [-0.15, -0.1) is 0 Å². The van der Waals surface area contributed by atoms with E-state index in [1.165, 1.54) is 18.8 Å². The van der Waals surface area contributed by atoms with E-state index in [2.05, 4.69) is 0 Å². The van der Waals surface area contributed by atoms with E-state index in [0.717, 1.165) is 0 Å². The van der Waals surface area contributed by atoms with Crippen molar-refractivity contribution in [2.24, 2.45) is 0 Å². The van der Waals surface area contributed by atoms with Gasteiger partial charge < -0.3 is 19.1 Å². The highest BCUT2D eigenvalue weighted by Gasteiger charge is 2.33. The predicted octanol–water partition coefficient (Wildman–Crippen LogP) is 2.61. The van der Waals surface area contributed by atoms with E-state index in [1.807, 2.05) is 12.1 Å². The van der Waals surface area contributed by atoms with Crippen molar-refractivity contribution in [1.29, 1.82) is 0 Å². The van der Waals surface area contributed by atoms with Crippen LogP contribution >= 0.6 is 0 Å². The maximum absolute atomic E-state index is 13.4. The lowest BCUT2D eigenvalue weighted by atomic mass is 10.0. The number of pyridine rings is 1. The van der Waals surface area contributed by atoms with Gasteiger partial charge in [0.15, 0.2) is 17.3 Å². The summed E-state index contributed by atoms with van der Waals surface area (Å²) in [7, 11) is 2.95. The molecule has 3 aromatic rings. The molecule has 1 heterocycles. The summed E-state index contributed by atoms with van der Waals surface area (Å²) >= 11 is 0. The summed E-state index contributed by atoms with van der Waals surface area (Å²) in [5.41, 5.74) is 1.92. The molecule has 6 nitrogen and oxygen atoms in total. The van der Waals surface area contributed by atoms with E-state index in [0.29, 0.717) is 33.5 Å². The van der Waals surface area contributed by atoms with Crippen molar-refractivity contribution in [3.63, 3.8) is 0 Å². The van der Waals surface area contributed by atoms with Gasteiger partial charge in [-0.05, 0) is 19.1 Å². The molecule has 0 aliphatic heterocycles. The van der Waals surface area contributed by atoms with Crippen molar-refractivity contribution < 1.29 is 19.4 Å². The number of carbonyl (C=O) groups is 1. The average Bonchev–Trinajstić information content (AvgIpc) is 2.96. The number of nitrogens with zero attached hydrogens (tertiary/aromatic N) is 1. The fraction of sp³-hybridized carbons (Fsp3) is 0.238. The van der Waals surface area contributed by atoms with Gasteiger partial charge in [0.2, 0.25) is 0 Å². The first kappa shape index (κ1) is 17.3. The predicted molar refractivity (Wildman–Crippen MR) is 102 cm³/mol. The van der Waals surface area contributed by atoms with Gasteiger partial charge in [-0.1, -0.05) is 24.3 Å². The Bertz CT molecular complexity index is 1140. The van der Waals surface area contributed by atoms with Crippen LogP contribution in [0.3, 0.4) is 0 Å². The maximum Gasteiger partial charge on any atom is 0.262 e. The fourth-order valence-corrected chi connectivity index (χ4v) is 3.82. The molecule has 138 valence electrons. The highest BCUT2D eigenvalue weighted by atomic mass is 16.5. The Morgan fingerprint density at radius 3 is 2.37 bits per heavy atom. The number of aliphatic hydroxyl groups is 1. The average molecular weight is 365 g/mol. The molecule has 1 aliphatic rings. The summed E-state index contributed by atoms with van der Waals surface area (Å²) in [4.78, 5) is 26.5. The van der Waals surface area contributed by atoms with Crippen LogP contribution < -0.4 is 15.0 Å². The van der Waals surface area contributed by atoms with Crippen molar-refractivity contribution in [1.82, 2.24) is 4.57 Å². The zero-order valence-corrected chi connectivity index (χ0v) is 15.3. The van der Waals surface area contributed by atoms with Crippen LogP contribution in [0.2, 0.25) is 0 Å². The number of ether oxygens (including phenoxy) is 2. The molecule has 1 aromatic heterocycles. The van der Waals surface area contributed by atoms with Crippen LogP contribution in [0.25, 0.3) is 22.0 Å². The van der Waals surface area contributed by atoms with E-state index in [-0.39, 0.29) is 29.0 Å². The third-order valence-electron chi connectivity index (χ3n) is 4.88. The number of aromatic nitrogens is 1. The largest absolute Gasteiger partial charge is 0.493 e. The Labute approximate surface area is 155 Å². The van der Waals surface area contributed by atoms with E-state index >= 15 is 0 Å². The summed E-state index contributed by atoms with van der Waals surface area (Å²) in [5.74, 6) is 0.552. The minimum atomic E-state index is -0.760. The minimum Gasteiger partial charge on any atom is -0.493 e. The summed E-state index contributed by atoms with van der Waals surface area (Å²) < 4.78 is 12.2. The molecule has 1 N–H and O–H groups in total. The number of hydrogen-bond acceptors (Lipinski definition) is 5. The van der Waals surface area contributed by atoms with Crippen LogP contribution in [-0.2, 0) is 6.54 Å². The van der Waals surface area contributed by atoms with Crippen molar-refractivity contribution in [2.75, 3.05) is 14.2 Å². The fourth-order valence-electron chi connectivity index (χ4n) is 3.82. The number of hydrogen-bond donors (Lipinski definition) is 1. The van der Waals surface area contributed by atoms with Crippen LogP contribution in [0.1, 0.15) is 22.8 Å². The molecule has 2 aromatic carbocycles. The standard InChI is InChI=1S/C21H19NO5/c1-11(23)10-22-18-12-6-4-5-7-13(12)19(24)16(18)14-8-9-15(26-2)20(27-3)17(14)21(22)25/h4-9,11,23H,10H2,1-3H3. The molecule has 0 saturated heterocycles. The first-order valence-electron chi connectivity index (χ1n) is 8.63. The zero-order chi connectivity index (χ0) is 19.3. The van der Waals surface area contributed by atoms with Gasteiger partial charge in [-0.3, -0.25) is 9.59 Å². The molecule has 0 fully saturated rings. The maximum atomic E-state index is 13.4. The summed E-state index contributed by atoms with van der Waals surface area (Å²) in [6.45, 7) is 1.67. The molecule has 1 unspecified atom stereocenters. The first-order chi connectivity index (χ1) is 13.0. The van der Waals surface area contributed by atoms with Crippen LogP contribution in [0, 0.1) is 0 Å². The molecule has 27 heavy (non-hydrogen) atoms. The minimum absolute atomic E-state index is 0.0685. The summed E-state index contributed by atoms with van der Waals surface area (Å²) in [6, 6.07) is 10.6. The van der Waals surface area contributed by atoms with Crippen molar-refractivity contribution >= 4 is 16.6 Å². The quantitative estimate of drug-likeness (QED) is 0.601. The highest BCUT2D eigenvalue weighted by Crippen LogP contribution is 2.42. The van der Waals surface area contributed by atoms with Crippen molar-refractivity contribution in [3.8, 4) is 22.8 Å². The van der Waals surface area contributed by atoms with Crippen molar-refractivity contribution in [2.45, 2.75) is 19.6 Å². The van der Waals surface area contributed by atoms with E-state index in [9.17, 15) is 14.7 Å². The molecule has 0 saturated carbocycles. The van der Waals surface area contributed by atoms with Gasteiger partial charge in [0.25, 0.3) is 5.56 Å². The number of carbonyl (C=O) groups excluding carboxylic acids is 1. The molecule has 4 rings (SSSR count). The summed E-state index contributed by atoms with van der Waals surface area (Å²) in [5, 5.41) is 10.8. The molecule has 0 bridgehead atoms. The van der Waals surface area contributed by atoms with Gasteiger partial charge in [0, 0.05) is 16.5 Å². The van der Waals surface area contributed by atoms with Crippen LogP contribution in [0.15, 0.2) is 41.2 Å². The van der Waals surface area contributed by atoms with E-state index < -0.39 is 6.10 Å². The summed E-state index contributed by atoms with van der Waals surface area (Å²) in [6.07, 6.45) is -0.760. The van der Waals surface area contributed by atoms with Gasteiger partial charge in [-0.2, -0.15) is 0 Å². The number of aliphatic hydroxyl groups excluding tert-OH is 1. The van der Waals surface area contributed by atoms with Crippen LogP contribution in [0.4, 0.5) is 0 Å². The second-order valence-corrected chi connectivity index (χ2v) is 6.59. The second-order valence-electron chi connectivity index (χ2n) is 6.59. The van der Waals surface area contributed by atoms with Crippen LogP contribution in [-0.4, -0.2) is 35.8 Å². The first-order valence-corrected chi connectivity index (χ1v) is 8.63. The van der Waals surface area contributed by atoms with Crippen LogP contribution in [0.5, 0.6) is 11.5 Å². The molecule has 1 atom stereocenters. The Balaban J connectivity index is 2.23. The molecule has 1 aliphatic carbocycles. The Kier molecular flexibility index (Phi) is 4.00. The molecule has 0 radical (unpaired) electrons. The second kappa shape index (κ2) is 6.25. The van der Waals surface area contributed by atoms with Crippen molar-refractivity contribution in [3.05, 3.63) is 57.9 Å². The highest BCUT2D eigenvalue weighted by molar-refractivity contribution is 6.27. The number of methoxy groups -OCH3 is 2. The van der Waals surface area contributed by atoms with Gasteiger partial charge in [0.05, 0.1) is 43.5 Å². The molecular formula is C21H19NO5.